The number of halogens is 1. The smallest absolute Gasteiger partial charge is 0.270 e. The molecule has 0 spiro atoms. The van der Waals surface area contributed by atoms with Crippen LogP contribution in [0.3, 0.4) is 0 Å². The van der Waals surface area contributed by atoms with E-state index in [9.17, 15) is 4.79 Å². The van der Waals surface area contributed by atoms with Crippen molar-refractivity contribution in [3.05, 3.63) is 75.9 Å². The van der Waals surface area contributed by atoms with Gasteiger partial charge in [0.15, 0.2) is 0 Å². The summed E-state index contributed by atoms with van der Waals surface area (Å²) >= 11 is 6.32. The predicted octanol–water partition coefficient (Wildman–Crippen LogP) is 3.87. The third-order valence-corrected chi connectivity index (χ3v) is 4.48. The van der Waals surface area contributed by atoms with Crippen LogP contribution in [0.25, 0.3) is 11.3 Å². The number of carbonyl (C=O) groups excluding carboxylic acids is 1. The van der Waals surface area contributed by atoms with Crippen LogP contribution >= 0.6 is 11.6 Å². The zero-order valence-electron chi connectivity index (χ0n) is 12.4. The summed E-state index contributed by atoms with van der Waals surface area (Å²) in [5, 5.41) is 10.8. The van der Waals surface area contributed by atoms with Gasteiger partial charge in [0.2, 0.25) is 0 Å². The van der Waals surface area contributed by atoms with Crippen LogP contribution in [0.2, 0.25) is 5.02 Å². The molecule has 2 heterocycles. The number of nitrogens with zero attached hydrogens (tertiary/aromatic N) is 1. The third kappa shape index (κ3) is 2.23. The molecular formula is C18H14ClN3O. The maximum atomic E-state index is 12.2. The number of hydrogen-bond acceptors (Lipinski definition) is 2. The summed E-state index contributed by atoms with van der Waals surface area (Å²) in [6.07, 6.45) is 0. The molecule has 4 nitrogen and oxygen atoms in total. The number of rotatable bonds is 2. The maximum Gasteiger partial charge on any atom is 0.270 e. The second-order valence-corrected chi connectivity index (χ2v) is 6.06. The Morgan fingerprint density at radius 1 is 1.09 bits per heavy atom. The Labute approximate surface area is 138 Å². The fourth-order valence-electron chi connectivity index (χ4n) is 2.95. The molecule has 1 unspecified atom stereocenters. The summed E-state index contributed by atoms with van der Waals surface area (Å²) < 4.78 is 0. The fraction of sp³-hybridized carbons (Fsp3) is 0.111. The average molecular weight is 324 g/mol. The number of carbonyl (C=O) groups is 1. The minimum absolute atomic E-state index is 0.157. The van der Waals surface area contributed by atoms with Gasteiger partial charge in [-0.15, -0.1) is 0 Å². The molecule has 1 aliphatic rings. The lowest BCUT2D eigenvalue weighted by atomic mass is 9.96. The number of hydrogen-bond donors (Lipinski definition) is 2. The molecule has 0 bridgehead atoms. The van der Waals surface area contributed by atoms with Crippen molar-refractivity contribution in [1.29, 1.82) is 0 Å². The van der Waals surface area contributed by atoms with Gasteiger partial charge < -0.3 is 5.32 Å². The molecule has 2 N–H and O–H groups in total. The van der Waals surface area contributed by atoms with E-state index < -0.39 is 0 Å². The van der Waals surface area contributed by atoms with E-state index in [1.807, 2.05) is 55.5 Å². The molecule has 2 aromatic carbocycles. The largest absolute Gasteiger partial charge is 0.340 e. The Balaban J connectivity index is 1.88. The first-order valence-electron chi connectivity index (χ1n) is 7.36. The number of amides is 1. The first kappa shape index (κ1) is 14.0. The van der Waals surface area contributed by atoms with Crippen molar-refractivity contribution in [1.82, 2.24) is 15.5 Å². The van der Waals surface area contributed by atoms with E-state index in [2.05, 4.69) is 15.5 Å². The molecule has 114 valence electrons. The molecule has 3 aromatic rings. The molecule has 0 saturated heterocycles. The molecule has 5 heteroatoms. The standard InChI is InChI=1S/C18H14ClN3O/c1-10-6-8-11(9-7-10)15-14-16(12-4-2-3-5-13(12)19)20-18(23)17(14)22-21-15/h2-9,16H,1H3,(H,20,23)(H,21,22). The highest BCUT2D eigenvalue weighted by atomic mass is 35.5. The summed E-state index contributed by atoms with van der Waals surface area (Å²) in [7, 11) is 0. The minimum Gasteiger partial charge on any atom is -0.340 e. The van der Waals surface area contributed by atoms with E-state index in [0.717, 1.165) is 22.4 Å². The van der Waals surface area contributed by atoms with Crippen LogP contribution in [-0.2, 0) is 0 Å². The Morgan fingerprint density at radius 3 is 2.57 bits per heavy atom. The van der Waals surface area contributed by atoms with E-state index in [1.165, 1.54) is 5.56 Å². The Morgan fingerprint density at radius 2 is 1.83 bits per heavy atom. The minimum atomic E-state index is -0.291. The Hall–Kier alpha value is -2.59. The second kappa shape index (κ2) is 5.25. The van der Waals surface area contributed by atoms with Gasteiger partial charge in [0.05, 0.1) is 11.7 Å². The summed E-state index contributed by atoms with van der Waals surface area (Å²) in [6, 6.07) is 15.3. The molecule has 1 atom stereocenters. The van der Waals surface area contributed by atoms with Crippen molar-refractivity contribution in [2.75, 3.05) is 0 Å². The van der Waals surface area contributed by atoms with Crippen molar-refractivity contribution in [3.63, 3.8) is 0 Å². The molecule has 1 aromatic heterocycles. The van der Waals surface area contributed by atoms with Crippen molar-refractivity contribution in [2.45, 2.75) is 13.0 Å². The summed E-state index contributed by atoms with van der Waals surface area (Å²) in [5.74, 6) is -0.157. The van der Waals surface area contributed by atoms with Gasteiger partial charge in [-0.05, 0) is 18.6 Å². The lowest BCUT2D eigenvalue weighted by Crippen LogP contribution is -2.21. The molecule has 0 radical (unpaired) electrons. The number of benzene rings is 2. The predicted molar refractivity (Wildman–Crippen MR) is 89.5 cm³/mol. The monoisotopic (exact) mass is 323 g/mol. The lowest BCUT2D eigenvalue weighted by molar-refractivity contribution is 0.0955. The molecule has 4 rings (SSSR count). The second-order valence-electron chi connectivity index (χ2n) is 5.65. The van der Waals surface area contributed by atoms with Crippen LogP contribution in [0.15, 0.2) is 48.5 Å². The van der Waals surface area contributed by atoms with Crippen molar-refractivity contribution >= 4 is 17.5 Å². The van der Waals surface area contributed by atoms with E-state index in [4.69, 9.17) is 11.6 Å². The van der Waals surface area contributed by atoms with Crippen LogP contribution < -0.4 is 5.32 Å². The molecule has 0 fully saturated rings. The first-order chi connectivity index (χ1) is 11.1. The van der Waals surface area contributed by atoms with E-state index in [-0.39, 0.29) is 11.9 Å². The van der Waals surface area contributed by atoms with Crippen molar-refractivity contribution in [2.24, 2.45) is 0 Å². The van der Waals surface area contributed by atoms with Gasteiger partial charge in [0.1, 0.15) is 5.69 Å². The first-order valence-corrected chi connectivity index (χ1v) is 7.73. The molecule has 0 saturated carbocycles. The van der Waals surface area contributed by atoms with Crippen LogP contribution in [0.1, 0.15) is 33.2 Å². The lowest BCUT2D eigenvalue weighted by Gasteiger charge is -2.14. The number of aryl methyl sites for hydroxylation is 1. The number of nitrogens with one attached hydrogen (secondary N) is 2. The zero-order chi connectivity index (χ0) is 16.0. The van der Waals surface area contributed by atoms with Crippen LogP contribution in [0, 0.1) is 6.92 Å². The molecule has 0 aliphatic carbocycles. The van der Waals surface area contributed by atoms with Gasteiger partial charge in [0, 0.05) is 16.1 Å². The van der Waals surface area contributed by atoms with Crippen LogP contribution in [0.4, 0.5) is 0 Å². The molecule has 1 aliphatic heterocycles. The highest BCUT2D eigenvalue weighted by Crippen LogP contribution is 2.39. The summed E-state index contributed by atoms with van der Waals surface area (Å²) in [6.45, 7) is 2.04. The molecular weight excluding hydrogens is 310 g/mol. The average Bonchev–Trinajstić information content (AvgIpc) is 3.11. The Kier molecular flexibility index (Phi) is 3.20. The molecule has 1 amide bonds. The number of H-pyrrole nitrogens is 1. The van der Waals surface area contributed by atoms with Gasteiger partial charge in [-0.2, -0.15) is 5.10 Å². The van der Waals surface area contributed by atoms with Crippen LogP contribution in [0.5, 0.6) is 0 Å². The van der Waals surface area contributed by atoms with E-state index in [0.29, 0.717) is 10.7 Å². The maximum absolute atomic E-state index is 12.2. The third-order valence-electron chi connectivity index (χ3n) is 4.14. The summed E-state index contributed by atoms with van der Waals surface area (Å²) in [4.78, 5) is 12.2. The quantitative estimate of drug-likeness (QED) is 0.752. The molecule has 23 heavy (non-hydrogen) atoms. The highest BCUT2D eigenvalue weighted by Gasteiger charge is 2.36. The van der Waals surface area contributed by atoms with Gasteiger partial charge in [-0.3, -0.25) is 9.89 Å². The normalized spacial score (nSPS) is 16.3. The highest BCUT2D eigenvalue weighted by molar-refractivity contribution is 6.31. The van der Waals surface area contributed by atoms with E-state index >= 15 is 0 Å². The van der Waals surface area contributed by atoms with E-state index in [1.54, 1.807) is 0 Å². The van der Waals surface area contributed by atoms with Gasteiger partial charge in [-0.25, -0.2) is 0 Å². The van der Waals surface area contributed by atoms with Crippen LogP contribution in [-0.4, -0.2) is 16.1 Å². The van der Waals surface area contributed by atoms with Gasteiger partial charge >= 0.3 is 0 Å². The van der Waals surface area contributed by atoms with Crippen molar-refractivity contribution in [3.8, 4) is 11.3 Å². The summed E-state index contributed by atoms with van der Waals surface area (Å²) in [5.41, 5.74) is 5.16. The van der Waals surface area contributed by atoms with Gasteiger partial charge in [0.25, 0.3) is 5.91 Å². The number of aromatic amines is 1. The zero-order valence-corrected chi connectivity index (χ0v) is 13.2. The van der Waals surface area contributed by atoms with Gasteiger partial charge in [-0.1, -0.05) is 59.6 Å². The SMILES string of the molecule is Cc1ccc(-c2n[nH]c3c2C(c2ccccc2Cl)NC3=O)cc1. The van der Waals surface area contributed by atoms with Crippen molar-refractivity contribution < 1.29 is 4.79 Å². The number of fused-ring (bicyclic) bond motifs is 1. The topological polar surface area (TPSA) is 57.8 Å². The fourth-order valence-corrected chi connectivity index (χ4v) is 3.20. The number of aromatic nitrogens is 2. The Bertz CT molecular complexity index is 899.